The summed E-state index contributed by atoms with van der Waals surface area (Å²) in [4.78, 5) is 24.3. The molecule has 0 unspecified atom stereocenters. The minimum Gasteiger partial charge on any atom is -0.347 e. The van der Waals surface area contributed by atoms with Crippen LogP contribution in [0.3, 0.4) is 0 Å². The van der Waals surface area contributed by atoms with Crippen molar-refractivity contribution in [3.8, 4) is 0 Å². The van der Waals surface area contributed by atoms with Gasteiger partial charge >= 0.3 is 6.03 Å². The summed E-state index contributed by atoms with van der Waals surface area (Å²) in [6.45, 7) is 0. The van der Waals surface area contributed by atoms with Crippen LogP contribution < -0.4 is 16.0 Å². The quantitative estimate of drug-likeness (QED) is 0.676. The molecule has 0 aliphatic rings. The Morgan fingerprint density at radius 1 is 0.760 bits per heavy atom. The SMILES string of the molecule is Cn1cccc1C(=O)Nc1cccc(NC(=O)Nc2ccccc2)c1. The molecule has 0 radical (unpaired) electrons. The molecule has 25 heavy (non-hydrogen) atoms. The first-order valence-electron chi connectivity index (χ1n) is 7.77. The van der Waals surface area contributed by atoms with Gasteiger partial charge in [0.15, 0.2) is 0 Å². The molecule has 3 amide bonds. The van der Waals surface area contributed by atoms with E-state index in [0.717, 1.165) is 0 Å². The van der Waals surface area contributed by atoms with Crippen LogP contribution >= 0.6 is 0 Å². The number of hydrogen-bond donors (Lipinski definition) is 3. The molecule has 0 spiro atoms. The van der Waals surface area contributed by atoms with Crippen LogP contribution in [0.15, 0.2) is 72.9 Å². The second-order valence-corrected chi connectivity index (χ2v) is 5.48. The summed E-state index contributed by atoms with van der Waals surface area (Å²) in [7, 11) is 1.81. The minimum absolute atomic E-state index is 0.210. The third-order valence-corrected chi connectivity index (χ3v) is 3.59. The highest BCUT2D eigenvalue weighted by Crippen LogP contribution is 2.17. The van der Waals surface area contributed by atoms with Gasteiger partial charge in [0.25, 0.3) is 5.91 Å². The van der Waals surface area contributed by atoms with Crippen LogP contribution in [0.5, 0.6) is 0 Å². The summed E-state index contributed by atoms with van der Waals surface area (Å²) in [6.07, 6.45) is 1.81. The Morgan fingerprint density at radius 2 is 1.40 bits per heavy atom. The number of nitrogens with zero attached hydrogens (tertiary/aromatic N) is 1. The van der Waals surface area contributed by atoms with Gasteiger partial charge in [-0.3, -0.25) is 4.79 Å². The number of aromatic nitrogens is 1. The van der Waals surface area contributed by atoms with Gasteiger partial charge in [-0.2, -0.15) is 0 Å². The summed E-state index contributed by atoms with van der Waals surface area (Å²) >= 11 is 0. The number of nitrogens with one attached hydrogen (secondary N) is 3. The topological polar surface area (TPSA) is 75.2 Å². The molecule has 0 fully saturated rings. The summed E-state index contributed by atoms with van der Waals surface area (Å²) in [5, 5.41) is 8.30. The molecule has 0 bridgehead atoms. The molecule has 2 aromatic carbocycles. The number of amides is 3. The maximum Gasteiger partial charge on any atom is 0.323 e. The van der Waals surface area contributed by atoms with Crippen LogP contribution in [-0.2, 0) is 7.05 Å². The molecule has 0 saturated carbocycles. The smallest absolute Gasteiger partial charge is 0.323 e. The van der Waals surface area contributed by atoms with Gasteiger partial charge in [-0.25, -0.2) is 4.79 Å². The van der Waals surface area contributed by atoms with Crippen molar-refractivity contribution in [3.63, 3.8) is 0 Å². The number of rotatable bonds is 4. The van der Waals surface area contributed by atoms with Gasteiger partial charge in [0.2, 0.25) is 0 Å². The monoisotopic (exact) mass is 334 g/mol. The number of carbonyl (C=O) groups is 2. The Balaban J connectivity index is 1.64. The standard InChI is InChI=1S/C19H18N4O2/c1-23-12-6-11-17(23)18(24)20-15-9-5-10-16(13-15)22-19(25)21-14-7-3-2-4-8-14/h2-13H,1H3,(H,20,24)(H2,21,22,25). The van der Waals surface area contributed by atoms with Crippen LogP contribution in [0, 0.1) is 0 Å². The van der Waals surface area contributed by atoms with Crippen LogP contribution in [0.25, 0.3) is 0 Å². The predicted molar refractivity (Wildman–Crippen MR) is 98.9 cm³/mol. The van der Waals surface area contributed by atoms with E-state index in [0.29, 0.717) is 22.8 Å². The van der Waals surface area contributed by atoms with Gasteiger partial charge in [0.1, 0.15) is 5.69 Å². The lowest BCUT2D eigenvalue weighted by Crippen LogP contribution is -2.19. The van der Waals surface area contributed by atoms with E-state index in [1.54, 1.807) is 66.3 Å². The highest BCUT2D eigenvalue weighted by atomic mass is 16.2. The van der Waals surface area contributed by atoms with Crippen molar-refractivity contribution in [1.29, 1.82) is 0 Å². The van der Waals surface area contributed by atoms with Gasteiger partial charge in [-0.05, 0) is 42.5 Å². The van der Waals surface area contributed by atoms with E-state index in [2.05, 4.69) is 16.0 Å². The number of urea groups is 1. The van der Waals surface area contributed by atoms with Gasteiger partial charge in [-0.15, -0.1) is 0 Å². The number of carbonyl (C=O) groups excluding carboxylic acids is 2. The number of aryl methyl sites for hydroxylation is 1. The molecule has 3 N–H and O–H groups in total. The number of benzene rings is 2. The van der Waals surface area contributed by atoms with Crippen LogP contribution in [0.4, 0.5) is 21.9 Å². The average Bonchev–Trinajstić information content (AvgIpc) is 3.02. The lowest BCUT2D eigenvalue weighted by molar-refractivity contribution is 0.101. The molecule has 3 aromatic rings. The lowest BCUT2D eigenvalue weighted by atomic mass is 10.2. The van der Waals surface area contributed by atoms with Crippen molar-refractivity contribution in [1.82, 2.24) is 4.57 Å². The second-order valence-electron chi connectivity index (χ2n) is 5.48. The van der Waals surface area contributed by atoms with Crippen LogP contribution in [-0.4, -0.2) is 16.5 Å². The van der Waals surface area contributed by atoms with Crippen molar-refractivity contribution in [2.24, 2.45) is 7.05 Å². The Kier molecular flexibility index (Phi) is 4.80. The first-order valence-corrected chi connectivity index (χ1v) is 7.77. The number of anilines is 3. The number of hydrogen-bond acceptors (Lipinski definition) is 2. The van der Waals surface area contributed by atoms with Crippen molar-refractivity contribution in [3.05, 3.63) is 78.6 Å². The Morgan fingerprint density at radius 3 is 2.08 bits per heavy atom. The van der Waals surface area contributed by atoms with E-state index in [1.807, 2.05) is 18.2 Å². The molecule has 0 aliphatic carbocycles. The molecule has 0 atom stereocenters. The van der Waals surface area contributed by atoms with E-state index in [1.165, 1.54) is 0 Å². The fraction of sp³-hybridized carbons (Fsp3) is 0.0526. The Labute approximate surface area is 145 Å². The van der Waals surface area contributed by atoms with Gasteiger partial charge in [0, 0.05) is 30.3 Å². The van der Waals surface area contributed by atoms with E-state index in [-0.39, 0.29) is 11.9 Å². The molecule has 0 saturated heterocycles. The summed E-state index contributed by atoms with van der Waals surface area (Å²) < 4.78 is 1.74. The first kappa shape index (κ1) is 16.3. The van der Waals surface area contributed by atoms with E-state index >= 15 is 0 Å². The minimum atomic E-state index is -0.350. The lowest BCUT2D eigenvalue weighted by Gasteiger charge is -2.10. The molecule has 0 aliphatic heterocycles. The van der Waals surface area contributed by atoms with Crippen molar-refractivity contribution >= 4 is 29.0 Å². The fourth-order valence-corrected chi connectivity index (χ4v) is 2.38. The van der Waals surface area contributed by atoms with Crippen molar-refractivity contribution in [2.45, 2.75) is 0 Å². The van der Waals surface area contributed by atoms with Gasteiger partial charge in [0.05, 0.1) is 0 Å². The average molecular weight is 334 g/mol. The number of para-hydroxylation sites is 1. The van der Waals surface area contributed by atoms with Crippen molar-refractivity contribution < 1.29 is 9.59 Å². The maximum absolute atomic E-state index is 12.2. The molecule has 1 heterocycles. The molecule has 6 heteroatoms. The summed E-state index contributed by atoms with van der Waals surface area (Å²) in [6, 6.07) is 19.3. The highest BCUT2D eigenvalue weighted by Gasteiger charge is 2.09. The fourth-order valence-electron chi connectivity index (χ4n) is 2.38. The summed E-state index contributed by atoms with van der Waals surface area (Å²) in [5.74, 6) is -0.210. The molecule has 1 aromatic heterocycles. The van der Waals surface area contributed by atoms with Crippen LogP contribution in [0.1, 0.15) is 10.5 Å². The Bertz CT molecular complexity index is 887. The van der Waals surface area contributed by atoms with E-state index in [4.69, 9.17) is 0 Å². The largest absolute Gasteiger partial charge is 0.347 e. The third kappa shape index (κ3) is 4.26. The van der Waals surface area contributed by atoms with E-state index in [9.17, 15) is 9.59 Å². The van der Waals surface area contributed by atoms with Crippen molar-refractivity contribution in [2.75, 3.05) is 16.0 Å². The van der Waals surface area contributed by atoms with Gasteiger partial charge in [-0.1, -0.05) is 24.3 Å². The molecular formula is C19H18N4O2. The summed E-state index contributed by atoms with van der Waals surface area (Å²) in [5.41, 5.74) is 2.44. The zero-order chi connectivity index (χ0) is 17.6. The highest BCUT2D eigenvalue weighted by molar-refractivity contribution is 6.04. The predicted octanol–water partition coefficient (Wildman–Crippen LogP) is 3.92. The zero-order valence-corrected chi connectivity index (χ0v) is 13.7. The molecule has 3 rings (SSSR count). The maximum atomic E-state index is 12.2. The van der Waals surface area contributed by atoms with Crippen LogP contribution in [0.2, 0.25) is 0 Å². The zero-order valence-electron chi connectivity index (χ0n) is 13.7. The van der Waals surface area contributed by atoms with E-state index < -0.39 is 0 Å². The molecule has 126 valence electrons. The molecular weight excluding hydrogens is 316 g/mol. The first-order chi connectivity index (χ1) is 12.1. The Hall–Kier alpha value is -3.54. The second kappa shape index (κ2) is 7.35. The normalized spacial score (nSPS) is 10.1. The third-order valence-electron chi connectivity index (χ3n) is 3.59. The van der Waals surface area contributed by atoms with Gasteiger partial charge < -0.3 is 20.5 Å². The molecule has 6 nitrogen and oxygen atoms in total.